The van der Waals surface area contributed by atoms with E-state index in [0.29, 0.717) is 12.1 Å². The first-order chi connectivity index (χ1) is 8.56. The molecule has 1 fully saturated rings. The van der Waals surface area contributed by atoms with E-state index in [-0.39, 0.29) is 18.0 Å². The molecule has 1 saturated heterocycles. The summed E-state index contributed by atoms with van der Waals surface area (Å²) in [6.45, 7) is 1.76. The second kappa shape index (κ2) is 4.91. The highest BCUT2D eigenvalue weighted by Gasteiger charge is 2.28. The molecule has 0 spiro atoms. The number of nitrogens with zero attached hydrogens (tertiary/aromatic N) is 2. The van der Waals surface area contributed by atoms with Crippen molar-refractivity contribution in [1.29, 1.82) is 0 Å². The minimum atomic E-state index is -0.696. The van der Waals surface area contributed by atoms with Crippen LogP contribution in [0.25, 0.3) is 0 Å². The molecule has 18 heavy (non-hydrogen) atoms. The van der Waals surface area contributed by atoms with Crippen molar-refractivity contribution in [2.75, 3.05) is 0 Å². The van der Waals surface area contributed by atoms with Gasteiger partial charge < -0.3 is 5.32 Å². The highest BCUT2D eigenvalue weighted by Crippen LogP contribution is 2.05. The van der Waals surface area contributed by atoms with Crippen molar-refractivity contribution in [2.24, 2.45) is 0 Å². The van der Waals surface area contributed by atoms with Gasteiger partial charge >= 0.3 is 0 Å². The van der Waals surface area contributed by atoms with Crippen molar-refractivity contribution < 1.29 is 14.4 Å². The van der Waals surface area contributed by atoms with E-state index in [0.717, 1.165) is 0 Å². The Morgan fingerprint density at radius 2 is 2.17 bits per heavy atom. The second-order valence-corrected chi connectivity index (χ2v) is 4.02. The number of amides is 3. The summed E-state index contributed by atoms with van der Waals surface area (Å²) >= 11 is 0. The molecular weight excluding hydrogens is 236 g/mol. The maximum Gasteiger partial charge on any atom is 0.272 e. The zero-order valence-electron chi connectivity index (χ0n) is 9.77. The molecule has 0 unspecified atom stereocenters. The lowest BCUT2D eigenvalue weighted by Crippen LogP contribution is -2.52. The van der Waals surface area contributed by atoms with Crippen molar-refractivity contribution in [3.63, 3.8) is 0 Å². The van der Waals surface area contributed by atoms with Gasteiger partial charge in [-0.2, -0.15) is 0 Å². The molecule has 0 saturated carbocycles. The van der Waals surface area contributed by atoms with Crippen LogP contribution in [0.15, 0.2) is 12.4 Å². The van der Waals surface area contributed by atoms with Crippen LogP contribution in [0.5, 0.6) is 0 Å². The summed E-state index contributed by atoms with van der Waals surface area (Å²) in [6, 6.07) is -0.696. The van der Waals surface area contributed by atoms with Crippen molar-refractivity contribution in [1.82, 2.24) is 20.6 Å². The Kier molecular flexibility index (Phi) is 3.31. The molecule has 1 aliphatic rings. The van der Waals surface area contributed by atoms with E-state index in [1.54, 1.807) is 6.92 Å². The predicted octanol–water partition coefficient (Wildman–Crippen LogP) is -0.680. The van der Waals surface area contributed by atoms with Crippen molar-refractivity contribution >= 4 is 17.7 Å². The highest BCUT2D eigenvalue weighted by atomic mass is 16.2. The van der Waals surface area contributed by atoms with Crippen LogP contribution in [0.2, 0.25) is 0 Å². The molecule has 1 aliphatic heterocycles. The quantitative estimate of drug-likeness (QED) is 0.675. The van der Waals surface area contributed by atoms with Gasteiger partial charge in [0.1, 0.15) is 11.7 Å². The van der Waals surface area contributed by atoms with Gasteiger partial charge in [0.2, 0.25) is 11.8 Å². The molecule has 1 aromatic rings. The Morgan fingerprint density at radius 1 is 1.39 bits per heavy atom. The SMILES string of the molecule is Cc1cnc(C(=O)N[C@@H]2CCC(=O)NC2=O)cn1. The molecule has 94 valence electrons. The fourth-order valence-electron chi connectivity index (χ4n) is 1.57. The summed E-state index contributed by atoms with van der Waals surface area (Å²) in [6.07, 6.45) is 3.34. The third-order valence-corrected chi connectivity index (χ3v) is 2.56. The normalized spacial score (nSPS) is 19.3. The summed E-state index contributed by atoms with van der Waals surface area (Å²) in [4.78, 5) is 42.0. The number of nitrogens with one attached hydrogen (secondary N) is 2. The Morgan fingerprint density at radius 3 is 2.78 bits per heavy atom. The minimum Gasteiger partial charge on any atom is -0.339 e. The molecule has 7 nitrogen and oxygen atoms in total. The standard InChI is InChI=1S/C11H12N4O3/c1-6-4-13-8(5-12-6)11(18)14-7-2-3-9(16)15-10(7)17/h4-5,7H,2-3H2,1H3,(H,14,18)(H,15,16,17)/t7-/m1/s1. The van der Waals surface area contributed by atoms with Gasteiger partial charge in [0.15, 0.2) is 0 Å². The van der Waals surface area contributed by atoms with Crippen LogP contribution in [-0.4, -0.2) is 33.7 Å². The van der Waals surface area contributed by atoms with Crippen LogP contribution in [-0.2, 0) is 9.59 Å². The van der Waals surface area contributed by atoms with E-state index in [4.69, 9.17) is 0 Å². The highest BCUT2D eigenvalue weighted by molar-refractivity contribution is 6.03. The zero-order valence-corrected chi connectivity index (χ0v) is 9.77. The smallest absolute Gasteiger partial charge is 0.272 e. The van der Waals surface area contributed by atoms with E-state index >= 15 is 0 Å². The first-order valence-electron chi connectivity index (χ1n) is 5.49. The molecule has 7 heteroatoms. The predicted molar refractivity (Wildman–Crippen MR) is 60.4 cm³/mol. The van der Waals surface area contributed by atoms with Crippen LogP contribution >= 0.6 is 0 Å². The number of aromatic nitrogens is 2. The number of aryl methyl sites for hydroxylation is 1. The van der Waals surface area contributed by atoms with Gasteiger partial charge in [-0.25, -0.2) is 4.98 Å². The third-order valence-electron chi connectivity index (χ3n) is 2.56. The molecule has 3 amide bonds. The van der Waals surface area contributed by atoms with Gasteiger partial charge in [0.05, 0.1) is 11.9 Å². The third kappa shape index (κ3) is 2.68. The summed E-state index contributed by atoms with van der Waals surface area (Å²) in [5, 5.41) is 4.69. The average Bonchev–Trinajstić information content (AvgIpc) is 2.33. The lowest BCUT2D eigenvalue weighted by molar-refractivity contribution is -0.134. The Hall–Kier alpha value is -2.31. The number of hydrogen-bond acceptors (Lipinski definition) is 5. The summed E-state index contributed by atoms with van der Waals surface area (Å²) < 4.78 is 0. The summed E-state index contributed by atoms with van der Waals surface area (Å²) in [7, 11) is 0. The van der Waals surface area contributed by atoms with E-state index in [1.165, 1.54) is 12.4 Å². The number of carbonyl (C=O) groups is 3. The molecular formula is C11H12N4O3. The van der Waals surface area contributed by atoms with Crippen LogP contribution in [0.3, 0.4) is 0 Å². The lowest BCUT2D eigenvalue weighted by atomic mass is 10.1. The maximum atomic E-state index is 11.8. The first-order valence-corrected chi connectivity index (χ1v) is 5.49. The molecule has 2 heterocycles. The van der Waals surface area contributed by atoms with Crippen molar-refractivity contribution in [3.8, 4) is 0 Å². The fraction of sp³-hybridized carbons (Fsp3) is 0.364. The summed E-state index contributed by atoms with van der Waals surface area (Å²) in [5.41, 5.74) is 0.845. The average molecular weight is 248 g/mol. The Labute approximate surface area is 103 Å². The number of piperidine rings is 1. The topological polar surface area (TPSA) is 101 Å². The molecule has 0 aromatic carbocycles. The Bertz CT molecular complexity index is 498. The van der Waals surface area contributed by atoms with Gasteiger partial charge in [-0.15, -0.1) is 0 Å². The van der Waals surface area contributed by atoms with Gasteiger partial charge in [-0.05, 0) is 13.3 Å². The molecule has 1 aromatic heterocycles. The van der Waals surface area contributed by atoms with Gasteiger partial charge in [0.25, 0.3) is 5.91 Å². The van der Waals surface area contributed by atoms with Crippen molar-refractivity contribution in [2.45, 2.75) is 25.8 Å². The number of imide groups is 1. The van der Waals surface area contributed by atoms with Gasteiger partial charge in [-0.3, -0.25) is 24.7 Å². The molecule has 0 bridgehead atoms. The lowest BCUT2D eigenvalue weighted by Gasteiger charge is -2.21. The maximum absolute atomic E-state index is 11.8. The van der Waals surface area contributed by atoms with E-state index in [2.05, 4.69) is 20.6 Å². The largest absolute Gasteiger partial charge is 0.339 e. The molecule has 1 atom stereocenters. The molecule has 2 N–H and O–H groups in total. The Balaban J connectivity index is 2.01. The number of carbonyl (C=O) groups excluding carboxylic acids is 3. The van der Waals surface area contributed by atoms with E-state index in [9.17, 15) is 14.4 Å². The van der Waals surface area contributed by atoms with Crippen LogP contribution in [0, 0.1) is 6.92 Å². The summed E-state index contributed by atoms with van der Waals surface area (Å²) in [5.74, 6) is -1.28. The number of rotatable bonds is 2. The van der Waals surface area contributed by atoms with E-state index in [1.807, 2.05) is 0 Å². The first kappa shape index (κ1) is 12.2. The van der Waals surface area contributed by atoms with Gasteiger partial charge in [-0.1, -0.05) is 0 Å². The monoisotopic (exact) mass is 248 g/mol. The molecule has 2 rings (SSSR count). The van der Waals surface area contributed by atoms with E-state index < -0.39 is 17.9 Å². The minimum absolute atomic E-state index is 0.144. The molecule has 0 radical (unpaired) electrons. The van der Waals surface area contributed by atoms with Gasteiger partial charge in [0, 0.05) is 12.6 Å². The van der Waals surface area contributed by atoms with Crippen LogP contribution < -0.4 is 10.6 Å². The second-order valence-electron chi connectivity index (χ2n) is 4.02. The van der Waals surface area contributed by atoms with Crippen molar-refractivity contribution in [3.05, 3.63) is 23.8 Å². The van der Waals surface area contributed by atoms with Crippen LogP contribution in [0.1, 0.15) is 29.0 Å². The van der Waals surface area contributed by atoms with Crippen LogP contribution in [0.4, 0.5) is 0 Å². The zero-order chi connectivity index (χ0) is 13.1. The molecule has 0 aliphatic carbocycles. The fourth-order valence-corrected chi connectivity index (χ4v) is 1.57. The number of hydrogen-bond donors (Lipinski definition) is 2.